The van der Waals surface area contributed by atoms with Gasteiger partial charge in [0.05, 0.1) is 0 Å². The topological polar surface area (TPSA) is 9.23 Å². The van der Waals surface area contributed by atoms with Gasteiger partial charge in [-0.25, -0.2) is 0 Å². The van der Waals surface area contributed by atoms with E-state index in [9.17, 15) is 13.2 Å². The second-order valence-corrected chi connectivity index (χ2v) is 3.66. The minimum Gasteiger partial charge on any atom is -0.356 e. The smallest absolute Gasteiger partial charge is 0.356 e. The van der Waals surface area contributed by atoms with Crippen molar-refractivity contribution in [1.29, 1.82) is 0 Å². The molecule has 1 aliphatic rings. The first-order valence-corrected chi connectivity index (χ1v) is 5.01. The highest BCUT2D eigenvalue weighted by Crippen LogP contribution is 2.34. The monoisotopic (exact) mass is 228 g/mol. The maximum absolute atomic E-state index is 12.5. The third-order valence-corrected chi connectivity index (χ3v) is 2.47. The lowest BCUT2D eigenvalue weighted by Gasteiger charge is -2.27. The molecular formula is C12H11F3O. The van der Waals surface area contributed by atoms with Crippen LogP contribution in [0.15, 0.2) is 42.5 Å². The molecule has 16 heavy (non-hydrogen) atoms. The zero-order valence-electron chi connectivity index (χ0n) is 8.45. The summed E-state index contributed by atoms with van der Waals surface area (Å²) in [5, 5.41) is 0. The van der Waals surface area contributed by atoms with Crippen LogP contribution in [0.25, 0.3) is 0 Å². The normalized spacial score (nSPS) is 25.7. The second kappa shape index (κ2) is 4.29. The molecule has 1 aromatic carbocycles. The first kappa shape index (κ1) is 11.2. The van der Waals surface area contributed by atoms with Crippen LogP contribution in [0.4, 0.5) is 13.2 Å². The van der Waals surface area contributed by atoms with Crippen molar-refractivity contribution < 1.29 is 17.9 Å². The number of benzene rings is 1. The molecule has 1 heterocycles. The highest BCUT2D eigenvalue weighted by molar-refractivity contribution is 5.22. The fourth-order valence-corrected chi connectivity index (χ4v) is 1.65. The largest absolute Gasteiger partial charge is 0.414 e. The van der Waals surface area contributed by atoms with Gasteiger partial charge in [0.2, 0.25) is 0 Å². The number of alkyl halides is 3. The van der Waals surface area contributed by atoms with Crippen molar-refractivity contribution in [2.45, 2.75) is 24.8 Å². The molecule has 1 nitrogen and oxygen atoms in total. The van der Waals surface area contributed by atoms with E-state index in [0.29, 0.717) is 0 Å². The van der Waals surface area contributed by atoms with Crippen molar-refractivity contribution in [3.05, 3.63) is 48.0 Å². The summed E-state index contributed by atoms with van der Waals surface area (Å²) in [6.07, 6.45) is -3.49. The quantitative estimate of drug-likeness (QED) is 0.667. The molecule has 0 fully saturated rings. The number of hydrogen-bond donors (Lipinski definition) is 0. The van der Waals surface area contributed by atoms with Gasteiger partial charge in [0, 0.05) is 6.42 Å². The molecule has 1 aliphatic heterocycles. The van der Waals surface area contributed by atoms with E-state index in [1.807, 2.05) is 6.07 Å². The van der Waals surface area contributed by atoms with E-state index in [0.717, 1.165) is 5.56 Å². The number of rotatable bonds is 1. The van der Waals surface area contributed by atoms with Gasteiger partial charge in [0.25, 0.3) is 0 Å². The van der Waals surface area contributed by atoms with Crippen LogP contribution in [0.1, 0.15) is 18.1 Å². The molecule has 2 atom stereocenters. The van der Waals surface area contributed by atoms with E-state index in [1.165, 1.54) is 6.08 Å². The Balaban J connectivity index is 2.15. The first-order valence-electron chi connectivity index (χ1n) is 5.01. The second-order valence-electron chi connectivity index (χ2n) is 3.66. The highest BCUT2D eigenvalue weighted by Gasteiger charge is 2.42. The number of halogens is 3. The summed E-state index contributed by atoms with van der Waals surface area (Å²) in [6, 6.07) is 8.90. The van der Waals surface area contributed by atoms with Gasteiger partial charge in [0.15, 0.2) is 6.10 Å². The summed E-state index contributed by atoms with van der Waals surface area (Å²) in [6.45, 7) is 0. The zero-order chi connectivity index (χ0) is 11.6. The average molecular weight is 228 g/mol. The Kier molecular flexibility index (Phi) is 3.01. The molecule has 86 valence electrons. The van der Waals surface area contributed by atoms with E-state index < -0.39 is 18.4 Å². The minimum absolute atomic E-state index is 0.104. The van der Waals surface area contributed by atoms with Gasteiger partial charge in [-0.1, -0.05) is 42.5 Å². The number of hydrogen-bond acceptors (Lipinski definition) is 1. The summed E-state index contributed by atoms with van der Waals surface area (Å²) < 4.78 is 42.4. The molecule has 0 radical (unpaired) electrons. The Bertz CT molecular complexity index is 370. The van der Waals surface area contributed by atoms with Crippen LogP contribution in [0.5, 0.6) is 0 Å². The molecule has 0 amide bonds. The van der Waals surface area contributed by atoms with E-state index in [-0.39, 0.29) is 6.42 Å². The third-order valence-electron chi connectivity index (χ3n) is 2.47. The maximum Gasteiger partial charge on any atom is 0.414 e. The zero-order valence-corrected chi connectivity index (χ0v) is 8.45. The lowest BCUT2D eigenvalue weighted by molar-refractivity contribution is -0.230. The van der Waals surface area contributed by atoms with Crippen molar-refractivity contribution in [1.82, 2.24) is 0 Å². The van der Waals surface area contributed by atoms with Gasteiger partial charge in [-0.2, -0.15) is 13.2 Å². The molecule has 0 spiro atoms. The first-order chi connectivity index (χ1) is 7.57. The van der Waals surface area contributed by atoms with Gasteiger partial charge in [-0.3, -0.25) is 0 Å². The van der Waals surface area contributed by atoms with Crippen molar-refractivity contribution in [2.24, 2.45) is 0 Å². The molecule has 0 aromatic heterocycles. The van der Waals surface area contributed by atoms with E-state index >= 15 is 0 Å². The van der Waals surface area contributed by atoms with Crippen LogP contribution in [-0.4, -0.2) is 12.3 Å². The highest BCUT2D eigenvalue weighted by atomic mass is 19.4. The van der Waals surface area contributed by atoms with Crippen LogP contribution in [-0.2, 0) is 4.74 Å². The Hall–Kier alpha value is -1.29. The molecule has 0 saturated heterocycles. The Labute approximate surface area is 91.5 Å². The van der Waals surface area contributed by atoms with Crippen molar-refractivity contribution >= 4 is 0 Å². The minimum atomic E-state index is -4.29. The molecular weight excluding hydrogens is 217 g/mol. The van der Waals surface area contributed by atoms with Crippen molar-refractivity contribution in [3.8, 4) is 0 Å². The van der Waals surface area contributed by atoms with Crippen LogP contribution in [0, 0.1) is 0 Å². The summed E-state index contributed by atoms with van der Waals surface area (Å²) in [5.74, 6) is 0. The molecule has 0 N–H and O–H groups in total. The van der Waals surface area contributed by atoms with E-state index in [2.05, 4.69) is 0 Å². The van der Waals surface area contributed by atoms with Gasteiger partial charge < -0.3 is 4.74 Å². The SMILES string of the molecule is FC(F)(F)[C@H]1CC=C[C@@H](c2ccccc2)O1. The van der Waals surface area contributed by atoms with Gasteiger partial charge in [-0.15, -0.1) is 0 Å². The molecule has 1 aromatic rings. The lowest BCUT2D eigenvalue weighted by atomic mass is 10.0. The third kappa shape index (κ3) is 2.44. The van der Waals surface area contributed by atoms with Gasteiger partial charge in [-0.05, 0) is 5.56 Å². The summed E-state index contributed by atoms with van der Waals surface area (Å²) >= 11 is 0. The Morgan fingerprint density at radius 1 is 1.12 bits per heavy atom. The van der Waals surface area contributed by atoms with Crippen LogP contribution < -0.4 is 0 Å². The van der Waals surface area contributed by atoms with Crippen LogP contribution in [0.2, 0.25) is 0 Å². The maximum atomic E-state index is 12.5. The predicted octanol–water partition coefficient (Wildman–Crippen LogP) is 3.64. The lowest BCUT2D eigenvalue weighted by Crippen LogP contribution is -2.34. The molecule has 0 unspecified atom stereocenters. The number of ether oxygens (including phenoxy) is 1. The summed E-state index contributed by atoms with van der Waals surface area (Å²) in [7, 11) is 0. The van der Waals surface area contributed by atoms with Crippen molar-refractivity contribution in [3.63, 3.8) is 0 Å². The van der Waals surface area contributed by atoms with Gasteiger partial charge >= 0.3 is 6.18 Å². The Morgan fingerprint density at radius 3 is 2.44 bits per heavy atom. The van der Waals surface area contributed by atoms with Crippen molar-refractivity contribution in [2.75, 3.05) is 0 Å². The molecule has 0 saturated carbocycles. The van der Waals surface area contributed by atoms with Crippen LogP contribution in [0.3, 0.4) is 0 Å². The van der Waals surface area contributed by atoms with Gasteiger partial charge in [0.1, 0.15) is 6.10 Å². The predicted molar refractivity (Wildman–Crippen MR) is 53.9 cm³/mol. The fourth-order valence-electron chi connectivity index (χ4n) is 1.65. The average Bonchev–Trinajstić information content (AvgIpc) is 2.29. The molecule has 0 bridgehead atoms. The molecule has 2 rings (SSSR count). The fraction of sp³-hybridized carbons (Fsp3) is 0.333. The molecule has 0 aliphatic carbocycles. The Morgan fingerprint density at radius 2 is 1.81 bits per heavy atom. The van der Waals surface area contributed by atoms with E-state index in [1.54, 1.807) is 30.3 Å². The molecule has 4 heteroatoms. The van der Waals surface area contributed by atoms with E-state index in [4.69, 9.17) is 4.74 Å². The standard InChI is InChI=1S/C12H11F3O/c13-12(14,15)11-8-4-7-10(16-11)9-5-2-1-3-6-9/h1-7,10-11H,8H2/t10-,11+/m0/s1. The van der Waals surface area contributed by atoms with Crippen LogP contribution >= 0.6 is 0 Å². The summed E-state index contributed by atoms with van der Waals surface area (Å²) in [5.41, 5.74) is 0.743. The summed E-state index contributed by atoms with van der Waals surface area (Å²) in [4.78, 5) is 0.